The van der Waals surface area contributed by atoms with Gasteiger partial charge in [-0.3, -0.25) is 0 Å². The van der Waals surface area contributed by atoms with Gasteiger partial charge in [0, 0.05) is 32.5 Å². The molecule has 2 aromatic carbocycles. The van der Waals surface area contributed by atoms with Gasteiger partial charge in [-0.05, 0) is 54.8 Å². The third-order valence-corrected chi connectivity index (χ3v) is 4.40. The van der Waals surface area contributed by atoms with Crippen LogP contribution in [0.2, 0.25) is 0 Å². The van der Waals surface area contributed by atoms with Crippen molar-refractivity contribution in [3.63, 3.8) is 0 Å². The van der Waals surface area contributed by atoms with E-state index in [0.717, 1.165) is 23.4 Å². The number of amides is 2. The summed E-state index contributed by atoms with van der Waals surface area (Å²) in [6.07, 6.45) is 4.45. The lowest BCUT2D eigenvalue weighted by atomic mass is 10.1. The van der Waals surface area contributed by atoms with E-state index in [1.54, 1.807) is 18.1 Å². The molecule has 3 aromatic rings. The quantitative estimate of drug-likeness (QED) is 0.651. The molecule has 1 heterocycles. The molecule has 0 radical (unpaired) electrons. The Kier molecular flexibility index (Phi) is 6.68. The Bertz CT molecular complexity index is 859. The van der Waals surface area contributed by atoms with Gasteiger partial charge in [-0.25, -0.2) is 9.48 Å². The van der Waals surface area contributed by atoms with E-state index in [0.29, 0.717) is 19.7 Å². The molecule has 1 N–H and O–H groups in total. The molecule has 0 atom stereocenters. The van der Waals surface area contributed by atoms with Crippen LogP contribution in [-0.2, 0) is 13.0 Å². The zero-order chi connectivity index (χ0) is 19.8. The van der Waals surface area contributed by atoms with Gasteiger partial charge in [0.15, 0.2) is 0 Å². The molecule has 146 valence electrons. The molecule has 0 spiro atoms. The number of rotatable bonds is 8. The van der Waals surface area contributed by atoms with Gasteiger partial charge in [0.1, 0.15) is 5.75 Å². The summed E-state index contributed by atoms with van der Waals surface area (Å²) in [6, 6.07) is 17.8. The van der Waals surface area contributed by atoms with Crippen molar-refractivity contribution in [2.75, 3.05) is 20.2 Å². The van der Waals surface area contributed by atoms with Crippen molar-refractivity contribution in [3.8, 4) is 11.4 Å². The first kappa shape index (κ1) is 19.5. The van der Waals surface area contributed by atoms with Crippen molar-refractivity contribution in [3.05, 3.63) is 78.1 Å². The summed E-state index contributed by atoms with van der Waals surface area (Å²) in [6.45, 7) is 3.75. The Balaban J connectivity index is 1.43. The van der Waals surface area contributed by atoms with E-state index < -0.39 is 0 Å². The molecule has 6 nitrogen and oxygen atoms in total. The number of carbonyl (C=O) groups excluding carboxylic acids is 1. The van der Waals surface area contributed by atoms with Crippen molar-refractivity contribution in [2.45, 2.75) is 19.9 Å². The Morgan fingerprint density at radius 2 is 1.82 bits per heavy atom. The molecule has 0 saturated carbocycles. The number of nitrogens with zero attached hydrogens (tertiary/aromatic N) is 3. The molecular weight excluding hydrogens is 352 g/mol. The topological polar surface area (TPSA) is 59.4 Å². The number of hydrogen-bond donors (Lipinski definition) is 1. The molecule has 3 rings (SSSR count). The Labute approximate surface area is 165 Å². The van der Waals surface area contributed by atoms with Crippen LogP contribution in [0, 0.1) is 0 Å². The Morgan fingerprint density at radius 1 is 1.11 bits per heavy atom. The molecule has 28 heavy (non-hydrogen) atoms. The first-order valence-electron chi connectivity index (χ1n) is 9.45. The molecule has 0 saturated heterocycles. The molecule has 6 heteroatoms. The van der Waals surface area contributed by atoms with Gasteiger partial charge in [-0.15, -0.1) is 0 Å². The summed E-state index contributed by atoms with van der Waals surface area (Å²) in [5.41, 5.74) is 3.26. The molecule has 0 bridgehead atoms. The predicted octanol–water partition coefficient (Wildman–Crippen LogP) is 3.66. The van der Waals surface area contributed by atoms with Crippen LogP contribution in [-0.4, -0.2) is 40.9 Å². The van der Waals surface area contributed by atoms with Gasteiger partial charge in [0.25, 0.3) is 0 Å². The lowest BCUT2D eigenvalue weighted by Crippen LogP contribution is -2.37. The van der Waals surface area contributed by atoms with Gasteiger partial charge in [0.05, 0.1) is 12.3 Å². The van der Waals surface area contributed by atoms with Crippen molar-refractivity contribution in [1.29, 1.82) is 0 Å². The fourth-order valence-corrected chi connectivity index (χ4v) is 2.89. The van der Waals surface area contributed by atoms with Crippen molar-refractivity contribution >= 4 is 6.03 Å². The largest absolute Gasteiger partial charge is 0.494 e. The first-order valence-corrected chi connectivity index (χ1v) is 9.45. The van der Waals surface area contributed by atoms with Crippen LogP contribution >= 0.6 is 0 Å². The smallest absolute Gasteiger partial charge is 0.317 e. The van der Waals surface area contributed by atoms with Crippen molar-refractivity contribution < 1.29 is 9.53 Å². The zero-order valence-electron chi connectivity index (χ0n) is 16.3. The Morgan fingerprint density at radius 3 is 2.46 bits per heavy atom. The lowest BCUT2D eigenvalue weighted by Gasteiger charge is -2.18. The van der Waals surface area contributed by atoms with Crippen LogP contribution in [0.4, 0.5) is 4.79 Å². The second-order valence-electron chi connectivity index (χ2n) is 6.53. The van der Waals surface area contributed by atoms with E-state index in [1.165, 1.54) is 5.56 Å². The number of benzene rings is 2. The van der Waals surface area contributed by atoms with E-state index in [-0.39, 0.29) is 6.03 Å². The average molecular weight is 378 g/mol. The molecule has 1 aromatic heterocycles. The fraction of sp³-hybridized carbons (Fsp3) is 0.273. The normalized spacial score (nSPS) is 10.5. The first-order chi connectivity index (χ1) is 13.7. The van der Waals surface area contributed by atoms with Crippen LogP contribution in [0.25, 0.3) is 5.69 Å². The molecule has 0 fully saturated rings. The predicted molar refractivity (Wildman–Crippen MR) is 110 cm³/mol. The highest BCUT2D eigenvalue weighted by Crippen LogP contribution is 2.13. The third kappa shape index (κ3) is 5.36. The molecule has 0 unspecified atom stereocenters. The molecule has 0 aliphatic rings. The minimum absolute atomic E-state index is 0.0814. The van der Waals surface area contributed by atoms with Gasteiger partial charge >= 0.3 is 6.03 Å². The maximum atomic E-state index is 12.3. The van der Waals surface area contributed by atoms with Crippen LogP contribution in [0.15, 0.2) is 67.0 Å². The summed E-state index contributed by atoms with van der Waals surface area (Å²) < 4.78 is 7.26. The van der Waals surface area contributed by atoms with Gasteiger partial charge in [-0.2, -0.15) is 5.10 Å². The van der Waals surface area contributed by atoms with E-state index in [9.17, 15) is 4.79 Å². The highest BCUT2D eigenvalue weighted by molar-refractivity contribution is 5.73. The number of hydrogen-bond acceptors (Lipinski definition) is 3. The van der Waals surface area contributed by atoms with Crippen LogP contribution < -0.4 is 10.1 Å². The Hall–Kier alpha value is -3.28. The van der Waals surface area contributed by atoms with E-state index in [4.69, 9.17) is 4.74 Å². The van der Waals surface area contributed by atoms with Gasteiger partial charge in [0.2, 0.25) is 0 Å². The summed E-state index contributed by atoms with van der Waals surface area (Å²) in [7, 11) is 1.80. The minimum Gasteiger partial charge on any atom is -0.494 e. The molecule has 0 aliphatic carbocycles. The van der Waals surface area contributed by atoms with E-state index in [1.807, 2.05) is 60.3 Å². The summed E-state index contributed by atoms with van der Waals surface area (Å²) >= 11 is 0. The number of ether oxygens (including phenoxy) is 1. The maximum Gasteiger partial charge on any atom is 0.317 e. The van der Waals surface area contributed by atoms with E-state index >= 15 is 0 Å². The fourth-order valence-electron chi connectivity index (χ4n) is 2.89. The summed E-state index contributed by atoms with van der Waals surface area (Å²) in [5.74, 6) is 0.844. The highest BCUT2D eigenvalue weighted by atomic mass is 16.5. The second kappa shape index (κ2) is 9.60. The van der Waals surface area contributed by atoms with Crippen LogP contribution in [0.1, 0.15) is 18.1 Å². The molecule has 2 amide bonds. The number of aromatic nitrogens is 2. The summed E-state index contributed by atoms with van der Waals surface area (Å²) in [5, 5.41) is 7.19. The number of urea groups is 1. The van der Waals surface area contributed by atoms with Gasteiger partial charge in [-0.1, -0.05) is 24.3 Å². The monoisotopic (exact) mass is 378 g/mol. The zero-order valence-corrected chi connectivity index (χ0v) is 16.3. The third-order valence-electron chi connectivity index (χ3n) is 4.40. The van der Waals surface area contributed by atoms with E-state index in [2.05, 4.69) is 22.5 Å². The molecular formula is C22H26N4O2. The van der Waals surface area contributed by atoms with Gasteiger partial charge < -0.3 is 15.0 Å². The minimum atomic E-state index is -0.0814. The summed E-state index contributed by atoms with van der Waals surface area (Å²) in [4.78, 5) is 14.0. The van der Waals surface area contributed by atoms with Crippen LogP contribution in [0.5, 0.6) is 5.75 Å². The number of carbonyl (C=O) groups is 1. The highest BCUT2D eigenvalue weighted by Gasteiger charge is 2.08. The van der Waals surface area contributed by atoms with Crippen molar-refractivity contribution in [2.24, 2.45) is 0 Å². The second-order valence-corrected chi connectivity index (χ2v) is 6.53. The standard InChI is InChI=1S/C22H26N4O2/c1-3-28-21-11-7-19(8-12-21)17-25(2)22(27)23-15-13-18-5-9-20(10-6-18)26-16-4-14-24-26/h4-12,14,16H,3,13,15,17H2,1-2H3,(H,23,27). The molecule has 0 aliphatic heterocycles. The average Bonchev–Trinajstić information content (AvgIpc) is 3.25. The number of nitrogens with one attached hydrogen (secondary N) is 1. The SMILES string of the molecule is CCOc1ccc(CN(C)C(=O)NCCc2ccc(-n3cccn3)cc2)cc1. The lowest BCUT2D eigenvalue weighted by molar-refractivity contribution is 0.207. The maximum absolute atomic E-state index is 12.3. The van der Waals surface area contributed by atoms with Crippen molar-refractivity contribution in [1.82, 2.24) is 20.0 Å². The van der Waals surface area contributed by atoms with Crippen LogP contribution in [0.3, 0.4) is 0 Å².